The number of ether oxygens (including phenoxy) is 1. The SMILES string of the molecule is CC1CCC2(CC1)NC(=O)N(NC(=O)CCNS(=O)(=O)c1ccc(OC(F)(F)F)cc1)C2=O. The van der Waals surface area contributed by atoms with Gasteiger partial charge in [-0.1, -0.05) is 6.92 Å². The summed E-state index contributed by atoms with van der Waals surface area (Å²) in [6, 6.07) is 2.77. The lowest BCUT2D eigenvalue weighted by Gasteiger charge is -2.33. The maximum atomic E-state index is 12.7. The summed E-state index contributed by atoms with van der Waals surface area (Å²) in [4.78, 5) is 36.7. The number of halogens is 3. The summed E-state index contributed by atoms with van der Waals surface area (Å²) >= 11 is 0. The number of rotatable bonds is 7. The molecule has 0 aromatic heterocycles. The van der Waals surface area contributed by atoms with Crippen molar-refractivity contribution in [1.82, 2.24) is 20.5 Å². The number of urea groups is 1. The summed E-state index contributed by atoms with van der Waals surface area (Å²) in [6.07, 6.45) is -2.84. The molecule has 0 radical (unpaired) electrons. The number of benzene rings is 1. The second kappa shape index (κ2) is 9.17. The van der Waals surface area contributed by atoms with Crippen LogP contribution in [0.4, 0.5) is 18.0 Å². The second-order valence-corrected chi connectivity index (χ2v) is 9.80. The van der Waals surface area contributed by atoms with Gasteiger partial charge in [0.15, 0.2) is 0 Å². The number of hydrazine groups is 1. The lowest BCUT2D eigenvalue weighted by atomic mass is 9.77. The average Bonchev–Trinajstić information content (AvgIpc) is 2.93. The standard InChI is InChI=1S/C19H23F3N4O6S/c1-12-6-9-18(10-7-12)16(28)26(17(29)24-18)25-15(27)8-11-23-33(30,31)14-4-2-13(3-5-14)32-19(20,21)22/h2-5,12,23H,6-11H2,1H3,(H,24,29)(H,25,27). The summed E-state index contributed by atoms with van der Waals surface area (Å²) in [5, 5.41) is 3.26. The first-order chi connectivity index (χ1) is 15.3. The highest BCUT2D eigenvalue weighted by Gasteiger charge is 2.52. The minimum atomic E-state index is -4.91. The van der Waals surface area contributed by atoms with Crippen molar-refractivity contribution in [3.8, 4) is 5.75 Å². The van der Waals surface area contributed by atoms with E-state index in [1.807, 2.05) is 0 Å². The van der Waals surface area contributed by atoms with Gasteiger partial charge < -0.3 is 10.1 Å². The van der Waals surface area contributed by atoms with Crippen LogP contribution in [0.2, 0.25) is 0 Å². The molecule has 1 saturated carbocycles. The van der Waals surface area contributed by atoms with E-state index in [1.54, 1.807) is 0 Å². The molecule has 2 aliphatic rings. The number of hydrogen-bond acceptors (Lipinski definition) is 6. The van der Waals surface area contributed by atoms with Gasteiger partial charge in [0.1, 0.15) is 11.3 Å². The highest BCUT2D eigenvalue weighted by Crippen LogP contribution is 2.35. The van der Waals surface area contributed by atoms with Crippen LogP contribution in [0.15, 0.2) is 29.2 Å². The van der Waals surface area contributed by atoms with E-state index >= 15 is 0 Å². The van der Waals surface area contributed by atoms with Gasteiger partial charge in [-0.3, -0.25) is 15.0 Å². The number of alkyl halides is 3. The van der Waals surface area contributed by atoms with Gasteiger partial charge in [-0.2, -0.15) is 5.01 Å². The molecule has 0 bridgehead atoms. The molecular weight excluding hydrogens is 469 g/mol. The van der Waals surface area contributed by atoms with Gasteiger partial charge in [-0.15, -0.1) is 13.2 Å². The third-order valence-corrected chi connectivity index (χ3v) is 7.01. The molecule has 4 amide bonds. The minimum absolute atomic E-state index is 0.333. The first-order valence-corrected chi connectivity index (χ1v) is 11.6. The smallest absolute Gasteiger partial charge is 0.406 e. The predicted molar refractivity (Wildman–Crippen MR) is 107 cm³/mol. The van der Waals surface area contributed by atoms with Crippen LogP contribution >= 0.6 is 0 Å². The number of imide groups is 1. The first kappa shape index (κ1) is 24.8. The lowest BCUT2D eigenvalue weighted by molar-refractivity contribution is -0.274. The van der Waals surface area contributed by atoms with Crippen molar-refractivity contribution < 1.29 is 40.7 Å². The maximum Gasteiger partial charge on any atom is 0.573 e. The normalized spacial score (nSPS) is 23.5. The quantitative estimate of drug-likeness (QED) is 0.497. The van der Waals surface area contributed by atoms with Gasteiger partial charge in [0, 0.05) is 13.0 Å². The topological polar surface area (TPSA) is 134 Å². The molecule has 1 aliphatic carbocycles. The van der Waals surface area contributed by atoms with Crippen LogP contribution in [-0.4, -0.2) is 49.7 Å². The van der Waals surface area contributed by atoms with Crippen LogP contribution in [0.1, 0.15) is 39.0 Å². The van der Waals surface area contributed by atoms with Crippen LogP contribution in [0.3, 0.4) is 0 Å². The fourth-order valence-corrected chi connectivity index (χ4v) is 4.73. The van der Waals surface area contributed by atoms with E-state index < -0.39 is 51.9 Å². The molecule has 1 heterocycles. The zero-order valence-corrected chi connectivity index (χ0v) is 18.4. The monoisotopic (exact) mass is 492 g/mol. The summed E-state index contributed by atoms with van der Waals surface area (Å²) in [5.41, 5.74) is 1.16. The van der Waals surface area contributed by atoms with Gasteiger partial charge in [0.05, 0.1) is 4.90 Å². The molecule has 1 aliphatic heterocycles. The van der Waals surface area contributed by atoms with E-state index in [0.29, 0.717) is 23.8 Å². The zero-order valence-electron chi connectivity index (χ0n) is 17.6. The average molecular weight is 492 g/mol. The molecular formula is C19H23F3N4O6S. The summed E-state index contributed by atoms with van der Waals surface area (Å²) < 4.78 is 66.9. The number of nitrogens with zero attached hydrogens (tertiary/aromatic N) is 1. The first-order valence-electron chi connectivity index (χ1n) is 10.1. The van der Waals surface area contributed by atoms with Crippen molar-refractivity contribution >= 4 is 27.9 Å². The molecule has 33 heavy (non-hydrogen) atoms. The van der Waals surface area contributed by atoms with E-state index in [-0.39, 0.29) is 11.4 Å². The Bertz CT molecular complexity index is 1020. The number of nitrogens with one attached hydrogen (secondary N) is 3. The highest BCUT2D eigenvalue weighted by molar-refractivity contribution is 7.89. The Morgan fingerprint density at radius 1 is 1.21 bits per heavy atom. The molecule has 1 saturated heterocycles. The van der Waals surface area contributed by atoms with Crippen LogP contribution < -0.4 is 20.2 Å². The Hall–Kier alpha value is -2.87. The number of carbonyl (C=O) groups excluding carboxylic acids is 3. The van der Waals surface area contributed by atoms with Crippen LogP contribution in [-0.2, 0) is 19.6 Å². The van der Waals surface area contributed by atoms with Crippen molar-refractivity contribution in [2.75, 3.05) is 6.54 Å². The highest BCUT2D eigenvalue weighted by atomic mass is 32.2. The summed E-state index contributed by atoms with van der Waals surface area (Å²) in [7, 11) is -4.12. The molecule has 2 fully saturated rings. The van der Waals surface area contributed by atoms with E-state index in [9.17, 15) is 36.0 Å². The molecule has 182 valence electrons. The Morgan fingerprint density at radius 3 is 2.39 bits per heavy atom. The molecule has 0 unspecified atom stereocenters. The van der Waals surface area contributed by atoms with E-state index in [4.69, 9.17) is 0 Å². The number of carbonyl (C=O) groups is 3. The molecule has 3 rings (SSSR count). The zero-order chi connectivity index (χ0) is 24.4. The number of sulfonamides is 1. The fourth-order valence-electron chi connectivity index (χ4n) is 3.70. The Kier molecular flexibility index (Phi) is 6.88. The Morgan fingerprint density at radius 2 is 1.82 bits per heavy atom. The van der Waals surface area contributed by atoms with Gasteiger partial charge in [-0.05, 0) is 55.9 Å². The summed E-state index contributed by atoms with van der Waals surface area (Å²) in [5.74, 6) is -1.46. The third-order valence-electron chi connectivity index (χ3n) is 5.54. The lowest BCUT2D eigenvalue weighted by Crippen LogP contribution is -2.51. The van der Waals surface area contributed by atoms with Crippen molar-refractivity contribution in [3.63, 3.8) is 0 Å². The molecule has 1 spiro atoms. The number of amides is 4. The van der Waals surface area contributed by atoms with E-state index in [0.717, 1.165) is 37.1 Å². The third kappa shape index (κ3) is 5.93. The number of hydrogen-bond donors (Lipinski definition) is 3. The van der Waals surface area contributed by atoms with Gasteiger partial charge in [0.25, 0.3) is 5.91 Å². The van der Waals surface area contributed by atoms with Crippen LogP contribution in [0.5, 0.6) is 5.75 Å². The largest absolute Gasteiger partial charge is 0.573 e. The van der Waals surface area contributed by atoms with Crippen molar-refractivity contribution in [2.45, 2.75) is 55.8 Å². The molecule has 0 atom stereocenters. The van der Waals surface area contributed by atoms with E-state index in [1.165, 1.54) is 0 Å². The van der Waals surface area contributed by atoms with Gasteiger partial charge in [0.2, 0.25) is 15.9 Å². The van der Waals surface area contributed by atoms with E-state index in [2.05, 4.69) is 27.1 Å². The second-order valence-electron chi connectivity index (χ2n) is 8.04. The van der Waals surface area contributed by atoms with Crippen molar-refractivity contribution in [2.24, 2.45) is 5.92 Å². The van der Waals surface area contributed by atoms with Gasteiger partial charge in [-0.25, -0.2) is 17.9 Å². The van der Waals surface area contributed by atoms with Crippen molar-refractivity contribution in [1.29, 1.82) is 0 Å². The maximum absolute atomic E-state index is 12.7. The van der Waals surface area contributed by atoms with Crippen LogP contribution in [0, 0.1) is 5.92 Å². The molecule has 10 nitrogen and oxygen atoms in total. The predicted octanol–water partition coefficient (Wildman–Crippen LogP) is 1.79. The molecule has 3 N–H and O–H groups in total. The fraction of sp³-hybridized carbons (Fsp3) is 0.526. The Balaban J connectivity index is 1.51. The minimum Gasteiger partial charge on any atom is -0.406 e. The molecule has 1 aromatic rings. The van der Waals surface area contributed by atoms with Crippen LogP contribution in [0.25, 0.3) is 0 Å². The molecule has 1 aromatic carbocycles. The molecule has 14 heteroatoms. The van der Waals surface area contributed by atoms with Crippen molar-refractivity contribution in [3.05, 3.63) is 24.3 Å². The van der Waals surface area contributed by atoms with Gasteiger partial charge >= 0.3 is 12.4 Å². The Labute approximate surface area is 187 Å². The summed E-state index contributed by atoms with van der Waals surface area (Å²) in [6.45, 7) is 1.68.